The molecule has 0 saturated carbocycles. The van der Waals surface area contributed by atoms with Gasteiger partial charge in [0, 0.05) is 5.56 Å². The van der Waals surface area contributed by atoms with Gasteiger partial charge in [0.25, 0.3) is 11.8 Å². The van der Waals surface area contributed by atoms with Gasteiger partial charge in [-0.3, -0.25) is 9.59 Å². The Morgan fingerprint density at radius 2 is 1.69 bits per heavy atom. The van der Waals surface area contributed by atoms with Crippen LogP contribution in [0, 0.1) is 5.82 Å². The van der Waals surface area contributed by atoms with Gasteiger partial charge in [-0.2, -0.15) is 5.10 Å². The minimum absolute atomic E-state index is 0.00135. The lowest BCUT2D eigenvalue weighted by atomic mass is 10.1. The second-order valence-corrected chi connectivity index (χ2v) is 7.38. The number of nitrogens with one attached hydrogen (secondary N) is 2. The Morgan fingerprint density at radius 3 is 2.34 bits per heavy atom. The largest absolute Gasteiger partial charge is 0.497 e. The van der Waals surface area contributed by atoms with Gasteiger partial charge in [-0.05, 0) is 69.5 Å². The highest BCUT2D eigenvalue weighted by atomic mass is 79.9. The quantitative estimate of drug-likeness (QED) is 0.287. The summed E-state index contributed by atoms with van der Waals surface area (Å²) in [6.07, 6.45) is 2.89. The van der Waals surface area contributed by atoms with Gasteiger partial charge in [0.2, 0.25) is 0 Å². The maximum Gasteiger partial charge on any atom is 0.287 e. The Balaban J connectivity index is 1.80. The van der Waals surface area contributed by atoms with Gasteiger partial charge in [-0.1, -0.05) is 36.4 Å². The number of rotatable bonds is 7. The van der Waals surface area contributed by atoms with Crippen LogP contribution in [0.3, 0.4) is 0 Å². The van der Waals surface area contributed by atoms with E-state index in [1.54, 1.807) is 61.7 Å². The number of hydrazone groups is 1. The second-order valence-electron chi connectivity index (χ2n) is 6.52. The third-order valence-electron chi connectivity index (χ3n) is 4.28. The van der Waals surface area contributed by atoms with Crippen molar-refractivity contribution >= 4 is 40.0 Å². The Labute approximate surface area is 192 Å². The molecule has 3 aromatic rings. The molecule has 0 unspecified atom stereocenters. The zero-order chi connectivity index (χ0) is 22.9. The molecule has 2 N–H and O–H groups in total. The molecule has 0 saturated heterocycles. The molecular weight excluding hydrogens is 477 g/mol. The fourth-order valence-electron chi connectivity index (χ4n) is 2.63. The molecule has 0 aliphatic rings. The molecule has 2 amide bonds. The van der Waals surface area contributed by atoms with Gasteiger partial charge >= 0.3 is 0 Å². The van der Waals surface area contributed by atoms with Gasteiger partial charge < -0.3 is 10.1 Å². The van der Waals surface area contributed by atoms with E-state index in [-0.39, 0.29) is 10.2 Å². The van der Waals surface area contributed by atoms with Crippen LogP contribution in [0.4, 0.5) is 4.39 Å². The summed E-state index contributed by atoms with van der Waals surface area (Å²) < 4.78 is 18.8. The SMILES string of the molecule is COc1ccc(C=C(NC(=O)c2ccccc2)C(=O)NN=Cc2ccc(F)c(Br)c2)cc1. The molecule has 32 heavy (non-hydrogen) atoms. The van der Waals surface area contributed by atoms with Crippen LogP contribution in [0.2, 0.25) is 0 Å². The average molecular weight is 496 g/mol. The molecule has 8 heteroatoms. The highest BCUT2D eigenvalue weighted by Crippen LogP contribution is 2.16. The number of hydrogen-bond donors (Lipinski definition) is 2. The summed E-state index contributed by atoms with van der Waals surface area (Å²) in [6.45, 7) is 0. The van der Waals surface area contributed by atoms with Crippen molar-refractivity contribution in [1.29, 1.82) is 0 Å². The molecule has 3 aromatic carbocycles. The average Bonchev–Trinajstić information content (AvgIpc) is 2.82. The monoisotopic (exact) mass is 495 g/mol. The van der Waals surface area contributed by atoms with Gasteiger partial charge in [0.05, 0.1) is 17.8 Å². The Morgan fingerprint density at radius 1 is 1.00 bits per heavy atom. The van der Waals surface area contributed by atoms with Crippen LogP contribution in [0.1, 0.15) is 21.5 Å². The van der Waals surface area contributed by atoms with E-state index in [1.807, 2.05) is 0 Å². The molecule has 0 aliphatic carbocycles. The molecular formula is C24H19BrFN3O3. The molecule has 162 valence electrons. The molecule has 0 aromatic heterocycles. The fraction of sp³-hybridized carbons (Fsp3) is 0.0417. The highest BCUT2D eigenvalue weighted by molar-refractivity contribution is 9.10. The van der Waals surface area contributed by atoms with Gasteiger partial charge in [-0.25, -0.2) is 9.82 Å². The highest BCUT2D eigenvalue weighted by Gasteiger charge is 2.14. The lowest BCUT2D eigenvalue weighted by Crippen LogP contribution is -2.32. The molecule has 0 bridgehead atoms. The first-order valence-corrected chi connectivity index (χ1v) is 10.3. The second kappa shape index (κ2) is 11.0. The molecule has 0 atom stereocenters. The predicted molar refractivity (Wildman–Crippen MR) is 125 cm³/mol. The summed E-state index contributed by atoms with van der Waals surface area (Å²) in [6, 6.07) is 19.8. The number of halogens is 2. The number of hydrogen-bond acceptors (Lipinski definition) is 4. The van der Waals surface area contributed by atoms with Crippen LogP contribution in [0.5, 0.6) is 5.75 Å². The lowest BCUT2D eigenvalue weighted by molar-refractivity contribution is -0.117. The van der Waals surface area contributed by atoms with Crippen LogP contribution >= 0.6 is 15.9 Å². The van der Waals surface area contributed by atoms with Crippen LogP contribution in [0.15, 0.2) is 88.1 Å². The van der Waals surface area contributed by atoms with Crippen LogP contribution in [-0.4, -0.2) is 25.1 Å². The van der Waals surface area contributed by atoms with Gasteiger partial charge in [0.15, 0.2) is 0 Å². The molecule has 0 radical (unpaired) electrons. The van der Waals surface area contributed by atoms with E-state index in [1.165, 1.54) is 30.5 Å². The van der Waals surface area contributed by atoms with Crippen LogP contribution in [-0.2, 0) is 4.79 Å². The first-order chi connectivity index (χ1) is 15.5. The third-order valence-corrected chi connectivity index (χ3v) is 4.89. The number of nitrogens with zero attached hydrogens (tertiary/aromatic N) is 1. The zero-order valence-corrected chi connectivity index (χ0v) is 18.6. The number of benzene rings is 3. The van der Waals surface area contributed by atoms with E-state index >= 15 is 0 Å². The van der Waals surface area contributed by atoms with Crippen molar-refractivity contribution in [2.24, 2.45) is 5.10 Å². The number of methoxy groups -OCH3 is 1. The summed E-state index contributed by atoms with van der Waals surface area (Å²) in [5.41, 5.74) is 4.04. The number of amides is 2. The van der Waals surface area contributed by atoms with Crippen molar-refractivity contribution in [3.8, 4) is 5.75 Å². The molecule has 0 spiro atoms. The van der Waals surface area contributed by atoms with Crippen molar-refractivity contribution < 1.29 is 18.7 Å². The summed E-state index contributed by atoms with van der Waals surface area (Å²) in [4.78, 5) is 25.3. The van der Waals surface area contributed by atoms with E-state index in [9.17, 15) is 14.0 Å². The molecule has 3 rings (SSSR count). The minimum Gasteiger partial charge on any atom is -0.497 e. The molecule has 0 heterocycles. The first-order valence-electron chi connectivity index (χ1n) is 9.47. The standard InChI is InChI=1S/C24H19BrFN3O3/c1-32-19-10-7-16(8-11-19)14-22(28-23(30)18-5-3-2-4-6-18)24(31)29-27-15-17-9-12-21(26)20(25)13-17/h2-15H,1H3,(H,28,30)(H,29,31). The zero-order valence-electron chi connectivity index (χ0n) is 17.0. The number of carbonyl (C=O) groups is 2. The molecule has 6 nitrogen and oxygen atoms in total. The normalized spacial score (nSPS) is 11.3. The van der Waals surface area contributed by atoms with Crippen molar-refractivity contribution in [2.45, 2.75) is 0 Å². The smallest absolute Gasteiger partial charge is 0.287 e. The third kappa shape index (κ3) is 6.36. The van der Waals surface area contributed by atoms with E-state index in [2.05, 4.69) is 31.8 Å². The summed E-state index contributed by atoms with van der Waals surface area (Å²) in [5.74, 6) is -0.800. The molecule has 0 fully saturated rings. The lowest BCUT2D eigenvalue weighted by Gasteiger charge is -2.09. The van der Waals surface area contributed by atoms with Crippen molar-refractivity contribution in [1.82, 2.24) is 10.7 Å². The number of carbonyl (C=O) groups excluding carboxylic acids is 2. The van der Waals surface area contributed by atoms with Crippen molar-refractivity contribution in [3.63, 3.8) is 0 Å². The topological polar surface area (TPSA) is 79.8 Å². The Bertz CT molecular complexity index is 1160. The van der Waals surface area contributed by atoms with E-state index in [0.29, 0.717) is 22.4 Å². The minimum atomic E-state index is -0.623. The maximum atomic E-state index is 13.4. The molecule has 0 aliphatic heterocycles. The Kier molecular flexibility index (Phi) is 7.88. The first kappa shape index (κ1) is 22.9. The van der Waals surface area contributed by atoms with E-state index in [4.69, 9.17) is 4.74 Å². The number of ether oxygens (including phenoxy) is 1. The van der Waals surface area contributed by atoms with Gasteiger partial charge in [-0.15, -0.1) is 0 Å². The summed E-state index contributed by atoms with van der Waals surface area (Å²) in [7, 11) is 1.56. The van der Waals surface area contributed by atoms with Gasteiger partial charge in [0.1, 0.15) is 17.3 Å². The van der Waals surface area contributed by atoms with E-state index < -0.39 is 17.6 Å². The van der Waals surface area contributed by atoms with Crippen molar-refractivity contribution in [2.75, 3.05) is 7.11 Å². The summed E-state index contributed by atoms with van der Waals surface area (Å²) in [5, 5.41) is 6.53. The van der Waals surface area contributed by atoms with Crippen LogP contribution < -0.4 is 15.5 Å². The maximum absolute atomic E-state index is 13.4. The Hall–Kier alpha value is -3.78. The van der Waals surface area contributed by atoms with Crippen LogP contribution in [0.25, 0.3) is 6.08 Å². The van der Waals surface area contributed by atoms with E-state index in [0.717, 1.165) is 0 Å². The fourth-order valence-corrected chi connectivity index (χ4v) is 3.02. The van der Waals surface area contributed by atoms with Crippen molar-refractivity contribution in [3.05, 3.63) is 105 Å². The predicted octanol–water partition coefficient (Wildman–Crippen LogP) is 4.52. The summed E-state index contributed by atoms with van der Waals surface area (Å²) >= 11 is 3.10.